The highest BCUT2D eigenvalue weighted by molar-refractivity contribution is 6.31. The molecule has 2 rings (SSSR count). The molecular formula is C14H16ClFN2O. The lowest BCUT2D eigenvalue weighted by atomic mass is 10.0. The molecule has 1 N–H and O–H groups in total. The Hall–Kier alpha value is -1.39. The first kappa shape index (κ1) is 14.0. The minimum absolute atomic E-state index is 0.218. The summed E-state index contributed by atoms with van der Waals surface area (Å²) in [5, 5.41) is 10.3. The predicted octanol–water partition coefficient (Wildman–Crippen LogP) is 2.75. The molecule has 0 aliphatic rings. The highest BCUT2D eigenvalue weighted by Crippen LogP contribution is 2.21. The molecule has 0 fully saturated rings. The fraction of sp³-hybridized carbons (Fsp3) is 0.357. The van der Waals surface area contributed by atoms with E-state index in [0.717, 1.165) is 5.82 Å². The predicted molar refractivity (Wildman–Crippen MR) is 72.6 cm³/mol. The zero-order valence-electron chi connectivity index (χ0n) is 10.7. The van der Waals surface area contributed by atoms with E-state index in [2.05, 4.69) is 4.98 Å². The summed E-state index contributed by atoms with van der Waals surface area (Å²) in [5.41, 5.74) is 0.372. The fourth-order valence-corrected chi connectivity index (χ4v) is 2.24. The lowest BCUT2D eigenvalue weighted by Gasteiger charge is -2.12. The summed E-state index contributed by atoms with van der Waals surface area (Å²) in [5.74, 6) is 0.530. The highest BCUT2D eigenvalue weighted by atomic mass is 35.5. The summed E-state index contributed by atoms with van der Waals surface area (Å²) in [6.45, 7) is 0. The molecule has 0 saturated heterocycles. The second kappa shape index (κ2) is 6.17. The molecule has 0 aliphatic heterocycles. The van der Waals surface area contributed by atoms with E-state index >= 15 is 0 Å². The Labute approximate surface area is 116 Å². The van der Waals surface area contributed by atoms with Gasteiger partial charge in [-0.2, -0.15) is 0 Å². The molecule has 1 aromatic carbocycles. The van der Waals surface area contributed by atoms with Gasteiger partial charge < -0.3 is 9.67 Å². The topological polar surface area (TPSA) is 38.0 Å². The van der Waals surface area contributed by atoms with Crippen molar-refractivity contribution in [1.82, 2.24) is 9.55 Å². The molecule has 3 nitrogen and oxygen atoms in total. The Morgan fingerprint density at radius 2 is 2.26 bits per heavy atom. The van der Waals surface area contributed by atoms with Gasteiger partial charge in [-0.25, -0.2) is 9.37 Å². The number of halogens is 2. The maximum absolute atomic E-state index is 13.6. The van der Waals surface area contributed by atoms with Crippen molar-refractivity contribution >= 4 is 11.6 Å². The van der Waals surface area contributed by atoms with Gasteiger partial charge in [0.05, 0.1) is 6.10 Å². The molecule has 0 aliphatic carbocycles. The Balaban J connectivity index is 1.94. The molecule has 0 spiro atoms. The summed E-state index contributed by atoms with van der Waals surface area (Å²) in [6, 6.07) is 4.54. The lowest BCUT2D eigenvalue weighted by molar-refractivity contribution is 0.163. The Bertz CT molecular complexity index is 536. The van der Waals surface area contributed by atoms with Gasteiger partial charge >= 0.3 is 0 Å². The molecule has 1 atom stereocenters. The number of aryl methyl sites for hydroxylation is 2. The van der Waals surface area contributed by atoms with Gasteiger partial charge in [-0.3, -0.25) is 0 Å². The maximum atomic E-state index is 13.6. The first-order chi connectivity index (χ1) is 9.08. The monoisotopic (exact) mass is 282 g/mol. The number of imidazole rings is 1. The van der Waals surface area contributed by atoms with E-state index in [-0.39, 0.29) is 12.2 Å². The summed E-state index contributed by atoms with van der Waals surface area (Å²) in [7, 11) is 1.91. The van der Waals surface area contributed by atoms with Gasteiger partial charge in [-0.05, 0) is 18.6 Å². The normalized spacial score (nSPS) is 12.6. The Kier molecular flexibility index (Phi) is 4.56. The summed E-state index contributed by atoms with van der Waals surface area (Å²) < 4.78 is 15.5. The third-order valence-electron chi connectivity index (χ3n) is 3.12. The van der Waals surface area contributed by atoms with Crippen LogP contribution in [0.4, 0.5) is 4.39 Å². The number of hydrogen-bond donors (Lipinski definition) is 1. The van der Waals surface area contributed by atoms with Crippen LogP contribution < -0.4 is 0 Å². The van der Waals surface area contributed by atoms with Gasteiger partial charge in [0, 0.05) is 42.9 Å². The molecule has 2 aromatic rings. The van der Waals surface area contributed by atoms with Crippen molar-refractivity contribution < 1.29 is 9.50 Å². The van der Waals surface area contributed by atoms with Crippen LogP contribution in [-0.2, 0) is 19.9 Å². The minimum atomic E-state index is -0.633. The second-order valence-corrected chi connectivity index (χ2v) is 4.96. The average molecular weight is 283 g/mol. The molecule has 0 bridgehead atoms. The molecule has 1 heterocycles. The molecule has 102 valence electrons. The van der Waals surface area contributed by atoms with Crippen molar-refractivity contribution in [2.75, 3.05) is 0 Å². The largest absolute Gasteiger partial charge is 0.393 e. The van der Waals surface area contributed by atoms with Crippen LogP contribution in [0.15, 0.2) is 30.6 Å². The van der Waals surface area contributed by atoms with E-state index in [1.54, 1.807) is 18.3 Å². The van der Waals surface area contributed by atoms with Gasteiger partial charge in [0.15, 0.2) is 0 Å². The number of benzene rings is 1. The van der Waals surface area contributed by atoms with Crippen molar-refractivity contribution in [3.05, 3.63) is 52.8 Å². The van der Waals surface area contributed by atoms with Crippen LogP contribution in [0.3, 0.4) is 0 Å². The van der Waals surface area contributed by atoms with Crippen molar-refractivity contribution in [2.24, 2.45) is 7.05 Å². The molecule has 0 amide bonds. The zero-order valence-corrected chi connectivity index (χ0v) is 11.4. The van der Waals surface area contributed by atoms with Crippen LogP contribution in [-0.4, -0.2) is 20.8 Å². The summed E-state index contributed by atoms with van der Waals surface area (Å²) in [4.78, 5) is 4.18. The number of aliphatic hydroxyl groups is 1. The van der Waals surface area contributed by atoms with Crippen molar-refractivity contribution in [2.45, 2.75) is 25.4 Å². The van der Waals surface area contributed by atoms with E-state index in [0.29, 0.717) is 23.4 Å². The van der Waals surface area contributed by atoms with E-state index < -0.39 is 6.10 Å². The minimum Gasteiger partial charge on any atom is -0.393 e. The number of hydrogen-bond acceptors (Lipinski definition) is 2. The van der Waals surface area contributed by atoms with E-state index in [1.165, 1.54) is 6.07 Å². The van der Waals surface area contributed by atoms with Gasteiger partial charge in [0.25, 0.3) is 0 Å². The van der Waals surface area contributed by atoms with Crippen LogP contribution in [0.5, 0.6) is 0 Å². The molecule has 0 saturated carbocycles. The van der Waals surface area contributed by atoms with Crippen LogP contribution in [0.25, 0.3) is 0 Å². The third kappa shape index (κ3) is 3.55. The standard InChI is InChI=1S/C14H16ClFN2O/c1-18-8-7-17-14(18)6-5-10(19)9-11-12(15)3-2-4-13(11)16/h2-4,7-8,10,19H,5-6,9H2,1H3. The van der Waals surface area contributed by atoms with Crippen LogP contribution in [0, 0.1) is 5.82 Å². The molecule has 1 unspecified atom stereocenters. The fourth-order valence-electron chi connectivity index (χ4n) is 2.00. The molecule has 5 heteroatoms. The van der Waals surface area contributed by atoms with Crippen LogP contribution in [0.2, 0.25) is 5.02 Å². The van der Waals surface area contributed by atoms with Gasteiger partial charge in [0.2, 0.25) is 0 Å². The first-order valence-corrected chi connectivity index (χ1v) is 6.53. The Morgan fingerprint density at radius 1 is 1.47 bits per heavy atom. The molecule has 1 aromatic heterocycles. The van der Waals surface area contributed by atoms with Gasteiger partial charge in [0.1, 0.15) is 11.6 Å². The number of rotatable bonds is 5. The van der Waals surface area contributed by atoms with Crippen molar-refractivity contribution in [3.63, 3.8) is 0 Å². The number of aromatic nitrogens is 2. The van der Waals surface area contributed by atoms with E-state index in [9.17, 15) is 9.50 Å². The Morgan fingerprint density at radius 3 is 2.89 bits per heavy atom. The molecule has 0 radical (unpaired) electrons. The van der Waals surface area contributed by atoms with E-state index in [1.807, 2.05) is 17.8 Å². The number of aliphatic hydroxyl groups excluding tert-OH is 1. The zero-order chi connectivity index (χ0) is 13.8. The quantitative estimate of drug-likeness (QED) is 0.916. The maximum Gasteiger partial charge on any atom is 0.127 e. The van der Waals surface area contributed by atoms with Gasteiger partial charge in [-0.1, -0.05) is 17.7 Å². The summed E-state index contributed by atoms with van der Waals surface area (Å²) in [6.07, 6.45) is 4.33. The molecular weight excluding hydrogens is 267 g/mol. The lowest BCUT2D eigenvalue weighted by Crippen LogP contribution is -2.14. The number of nitrogens with zero attached hydrogens (tertiary/aromatic N) is 2. The third-order valence-corrected chi connectivity index (χ3v) is 3.48. The van der Waals surface area contributed by atoms with Gasteiger partial charge in [-0.15, -0.1) is 0 Å². The highest BCUT2D eigenvalue weighted by Gasteiger charge is 2.13. The SMILES string of the molecule is Cn1ccnc1CCC(O)Cc1c(F)cccc1Cl. The summed E-state index contributed by atoms with van der Waals surface area (Å²) >= 11 is 5.93. The van der Waals surface area contributed by atoms with Crippen molar-refractivity contribution in [1.29, 1.82) is 0 Å². The smallest absolute Gasteiger partial charge is 0.127 e. The van der Waals surface area contributed by atoms with Crippen LogP contribution >= 0.6 is 11.6 Å². The molecule has 19 heavy (non-hydrogen) atoms. The van der Waals surface area contributed by atoms with Crippen LogP contribution in [0.1, 0.15) is 17.8 Å². The average Bonchev–Trinajstić information content (AvgIpc) is 2.77. The van der Waals surface area contributed by atoms with E-state index in [4.69, 9.17) is 11.6 Å². The first-order valence-electron chi connectivity index (χ1n) is 6.15. The second-order valence-electron chi connectivity index (χ2n) is 4.55. The van der Waals surface area contributed by atoms with Crippen molar-refractivity contribution in [3.8, 4) is 0 Å².